The molecule has 1 aromatic rings. The van der Waals surface area contributed by atoms with Gasteiger partial charge >= 0.3 is 0 Å². The van der Waals surface area contributed by atoms with Crippen molar-refractivity contribution in [2.75, 3.05) is 12.4 Å². The number of benzene rings is 1. The lowest BCUT2D eigenvalue weighted by molar-refractivity contribution is 0.0663. The molecule has 0 aliphatic heterocycles. The van der Waals surface area contributed by atoms with Crippen LogP contribution >= 0.6 is 15.9 Å². The molecule has 0 spiro atoms. The lowest BCUT2D eigenvalue weighted by Gasteiger charge is -2.34. The van der Waals surface area contributed by atoms with Crippen molar-refractivity contribution in [2.45, 2.75) is 19.4 Å². The van der Waals surface area contributed by atoms with Crippen molar-refractivity contribution in [3.63, 3.8) is 0 Å². The number of alkyl halides is 1. The second-order valence-electron chi connectivity index (χ2n) is 4.51. The summed E-state index contributed by atoms with van der Waals surface area (Å²) in [6, 6.07) is 4.05. The number of amides is 1. The number of carbonyl (C=O) groups excluding carboxylic acids is 1. The molecule has 4 nitrogen and oxygen atoms in total. The molecule has 0 unspecified atom stereocenters. The number of phenols is 2. The van der Waals surface area contributed by atoms with E-state index in [2.05, 4.69) is 15.9 Å². The largest absolute Gasteiger partial charge is 0.504 e. The Bertz CT molecular complexity index is 432. The Hall–Kier alpha value is -1.23. The third kappa shape index (κ3) is 2.91. The number of aromatic hydroxyl groups is 2. The van der Waals surface area contributed by atoms with Gasteiger partial charge in [0.1, 0.15) is 0 Å². The fourth-order valence-corrected chi connectivity index (χ4v) is 1.59. The molecule has 1 amide bonds. The van der Waals surface area contributed by atoms with Gasteiger partial charge in [-0.2, -0.15) is 0 Å². The maximum atomic E-state index is 12.1. The molecule has 0 fully saturated rings. The van der Waals surface area contributed by atoms with Crippen LogP contribution in [-0.4, -0.2) is 38.9 Å². The molecule has 1 aromatic carbocycles. The summed E-state index contributed by atoms with van der Waals surface area (Å²) < 4.78 is 0. The molecule has 17 heavy (non-hydrogen) atoms. The van der Waals surface area contributed by atoms with E-state index in [1.165, 1.54) is 18.2 Å². The van der Waals surface area contributed by atoms with Crippen LogP contribution < -0.4 is 0 Å². The fourth-order valence-electron chi connectivity index (χ4n) is 1.21. The number of halogens is 1. The van der Waals surface area contributed by atoms with Gasteiger partial charge in [-0.05, 0) is 32.0 Å². The molecule has 0 aromatic heterocycles. The van der Waals surface area contributed by atoms with Crippen molar-refractivity contribution < 1.29 is 15.0 Å². The van der Waals surface area contributed by atoms with Gasteiger partial charge in [-0.3, -0.25) is 4.79 Å². The molecule has 1 rings (SSSR count). The van der Waals surface area contributed by atoms with Gasteiger partial charge < -0.3 is 15.1 Å². The summed E-state index contributed by atoms with van der Waals surface area (Å²) >= 11 is 3.36. The van der Waals surface area contributed by atoms with Crippen molar-refractivity contribution in [2.24, 2.45) is 0 Å². The quantitative estimate of drug-likeness (QED) is 0.665. The van der Waals surface area contributed by atoms with Crippen LogP contribution in [-0.2, 0) is 0 Å². The fraction of sp³-hybridized carbons (Fsp3) is 0.417. The Kier molecular flexibility index (Phi) is 4.03. The number of carbonyl (C=O) groups is 1. The second kappa shape index (κ2) is 4.96. The normalized spacial score (nSPS) is 11.3. The van der Waals surface area contributed by atoms with Gasteiger partial charge in [0.15, 0.2) is 11.5 Å². The maximum absolute atomic E-state index is 12.1. The van der Waals surface area contributed by atoms with Crippen LogP contribution in [0.15, 0.2) is 18.2 Å². The van der Waals surface area contributed by atoms with Crippen LogP contribution in [0.1, 0.15) is 24.2 Å². The molecule has 0 bridgehead atoms. The molecule has 5 heteroatoms. The van der Waals surface area contributed by atoms with Gasteiger partial charge in [0.05, 0.1) is 0 Å². The number of hydrogen-bond donors (Lipinski definition) is 2. The topological polar surface area (TPSA) is 60.8 Å². The van der Waals surface area contributed by atoms with Gasteiger partial charge in [0.2, 0.25) is 0 Å². The minimum absolute atomic E-state index is 0.204. The van der Waals surface area contributed by atoms with Crippen molar-refractivity contribution in [1.82, 2.24) is 4.90 Å². The Morgan fingerprint density at radius 2 is 1.94 bits per heavy atom. The van der Waals surface area contributed by atoms with Crippen molar-refractivity contribution in [3.8, 4) is 11.5 Å². The number of phenolic OH excluding ortho intramolecular Hbond substituents is 2. The zero-order chi connectivity index (χ0) is 13.2. The summed E-state index contributed by atoms with van der Waals surface area (Å²) in [6.07, 6.45) is 0. The van der Waals surface area contributed by atoms with Crippen molar-refractivity contribution in [1.29, 1.82) is 0 Å². The van der Waals surface area contributed by atoms with Gasteiger partial charge in [0.25, 0.3) is 5.91 Å². The van der Waals surface area contributed by atoms with E-state index in [1.54, 1.807) is 11.9 Å². The third-order valence-electron chi connectivity index (χ3n) is 2.76. The molecule has 2 N–H and O–H groups in total. The third-order valence-corrected chi connectivity index (χ3v) is 4.13. The highest BCUT2D eigenvalue weighted by Crippen LogP contribution is 2.26. The Balaban J connectivity index is 3.01. The van der Waals surface area contributed by atoms with Gasteiger partial charge in [0, 0.05) is 23.5 Å². The van der Waals surface area contributed by atoms with Crippen LogP contribution in [0.4, 0.5) is 0 Å². The van der Waals surface area contributed by atoms with Crippen LogP contribution in [0.25, 0.3) is 0 Å². The molecule has 94 valence electrons. The minimum atomic E-state index is -0.329. The molecule has 0 saturated heterocycles. The highest BCUT2D eigenvalue weighted by molar-refractivity contribution is 9.09. The Labute approximate surface area is 109 Å². The van der Waals surface area contributed by atoms with E-state index in [0.717, 1.165) is 0 Å². The van der Waals surface area contributed by atoms with E-state index >= 15 is 0 Å². The first-order valence-electron chi connectivity index (χ1n) is 5.15. The molecule has 0 saturated carbocycles. The second-order valence-corrected chi connectivity index (χ2v) is 5.07. The zero-order valence-corrected chi connectivity index (χ0v) is 11.7. The predicted octanol–water partition coefficient (Wildman–Crippen LogP) is 2.34. The molecule has 0 aliphatic rings. The summed E-state index contributed by atoms with van der Waals surface area (Å²) in [6.45, 7) is 3.86. The van der Waals surface area contributed by atoms with Crippen LogP contribution in [0.2, 0.25) is 0 Å². The summed E-state index contributed by atoms with van der Waals surface area (Å²) in [5, 5.41) is 19.2. The smallest absolute Gasteiger partial charge is 0.254 e. The van der Waals surface area contributed by atoms with Crippen LogP contribution in [0, 0.1) is 0 Å². The average molecular weight is 302 g/mol. The van der Waals surface area contributed by atoms with Gasteiger partial charge in [-0.25, -0.2) is 0 Å². The van der Waals surface area contributed by atoms with E-state index in [1.807, 2.05) is 13.8 Å². The van der Waals surface area contributed by atoms with Crippen LogP contribution in [0.5, 0.6) is 11.5 Å². The summed E-state index contributed by atoms with van der Waals surface area (Å²) in [5.41, 5.74) is 0.0155. The first kappa shape index (κ1) is 13.8. The molecule has 0 aliphatic carbocycles. The number of nitrogens with zero attached hydrogens (tertiary/aromatic N) is 1. The maximum Gasteiger partial charge on any atom is 0.254 e. The highest BCUT2D eigenvalue weighted by Gasteiger charge is 2.27. The highest BCUT2D eigenvalue weighted by atomic mass is 79.9. The van der Waals surface area contributed by atoms with Gasteiger partial charge in [-0.15, -0.1) is 0 Å². The van der Waals surface area contributed by atoms with Crippen molar-refractivity contribution >= 4 is 21.8 Å². The lowest BCUT2D eigenvalue weighted by Crippen LogP contribution is -2.46. The number of rotatable bonds is 3. The van der Waals surface area contributed by atoms with Crippen molar-refractivity contribution in [3.05, 3.63) is 23.8 Å². The van der Waals surface area contributed by atoms with Gasteiger partial charge in [-0.1, -0.05) is 15.9 Å². The molecule has 0 atom stereocenters. The number of hydrogen-bond acceptors (Lipinski definition) is 3. The lowest BCUT2D eigenvalue weighted by atomic mass is 10.0. The first-order valence-corrected chi connectivity index (χ1v) is 6.28. The predicted molar refractivity (Wildman–Crippen MR) is 69.7 cm³/mol. The Morgan fingerprint density at radius 3 is 2.41 bits per heavy atom. The SMILES string of the molecule is CN(C(=O)c1ccc(O)c(O)c1)C(C)(C)CBr. The average Bonchev–Trinajstić information content (AvgIpc) is 2.30. The van der Waals surface area contributed by atoms with E-state index in [9.17, 15) is 15.0 Å². The first-order chi connectivity index (χ1) is 7.79. The molecular formula is C12H16BrNO3. The summed E-state index contributed by atoms with van der Waals surface area (Å²) in [7, 11) is 1.70. The zero-order valence-electron chi connectivity index (χ0n) is 10.1. The molecule has 0 heterocycles. The van der Waals surface area contributed by atoms with Crippen LogP contribution in [0.3, 0.4) is 0 Å². The Morgan fingerprint density at radius 1 is 1.35 bits per heavy atom. The van der Waals surface area contributed by atoms with E-state index in [0.29, 0.717) is 10.9 Å². The standard InChI is InChI=1S/C12H16BrNO3/c1-12(2,7-13)14(3)11(17)8-4-5-9(15)10(16)6-8/h4-6,15-16H,7H2,1-3H3. The minimum Gasteiger partial charge on any atom is -0.504 e. The van der Waals surface area contributed by atoms with E-state index in [4.69, 9.17) is 0 Å². The van der Waals surface area contributed by atoms with E-state index in [-0.39, 0.29) is 22.9 Å². The molecular weight excluding hydrogens is 286 g/mol. The summed E-state index contributed by atoms with van der Waals surface area (Å²) in [5.74, 6) is -0.727. The monoisotopic (exact) mass is 301 g/mol. The van der Waals surface area contributed by atoms with E-state index < -0.39 is 0 Å². The molecule has 0 radical (unpaired) electrons. The summed E-state index contributed by atoms with van der Waals surface area (Å²) in [4.78, 5) is 13.7.